The van der Waals surface area contributed by atoms with Crippen LogP contribution < -0.4 is 14.4 Å². The molecule has 3 aromatic rings. The van der Waals surface area contributed by atoms with Crippen molar-refractivity contribution in [2.75, 3.05) is 17.5 Å². The molecule has 1 N–H and O–H groups in total. The Balaban J connectivity index is 1.68. The zero-order valence-electron chi connectivity index (χ0n) is 24.3. The molecule has 1 unspecified atom stereocenters. The van der Waals surface area contributed by atoms with Gasteiger partial charge < -0.3 is 15.0 Å². The summed E-state index contributed by atoms with van der Waals surface area (Å²) in [6, 6.07) is 17.4. The van der Waals surface area contributed by atoms with Crippen molar-refractivity contribution in [3.05, 3.63) is 88.6 Å². The molecule has 1 fully saturated rings. The highest BCUT2D eigenvalue weighted by atomic mass is 79.9. The average Bonchev–Trinajstić information content (AvgIpc) is 2.99. The van der Waals surface area contributed by atoms with Crippen molar-refractivity contribution in [1.82, 2.24) is 10.2 Å². The van der Waals surface area contributed by atoms with Gasteiger partial charge in [0.2, 0.25) is 11.8 Å². The topological polar surface area (TPSA) is 96.0 Å². The van der Waals surface area contributed by atoms with Crippen molar-refractivity contribution in [1.29, 1.82) is 0 Å². The van der Waals surface area contributed by atoms with Gasteiger partial charge in [-0.15, -0.1) is 0 Å². The summed E-state index contributed by atoms with van der Waals surface area (Å²) in [7, 11) is -4.30. The first-order valence-electron chi connectivity index (χ1n) is 14.4. The average molecular weight is 675 g/mol. The Hall–Kier alpha value is -3.44. The molecule has 0 radical (unpaired) electrons. The van der Waals surface area contributed by atoms with Gasteiger partial charge in [0.05, 0.1) is 17.2 Å². The van der Waals surface area contributed by atoms with Crippen LogP contribution in [0.2, 0.25) is 0 Å². The predicted molar refractivity (Wildman–Crippen MR) is 168 cm³/mol. The van der Waals surface area contributed by atoms with Gasteiger partial charge in [-0.2, -0.15) is 0 Å². The fourth-order valence-electron chi connectivity index (χ4n) is 5.12. The van der Waals surface area contributed by atoms with Crippen LogP contribution in [0.25, 0.3) is 0 Å². The maximum Gasteiger partial charge on any atom is 0.264 e. The van der Waals surface area contributed by atoms with E-state index in [-0.39, 0.29) is 29.1 Å². The van der Waals surface area contributed by atoms with Gasteiger partial charge in [0.15, 0.2) is 0 Å². The summed E-state index contributed by atoms with van der Waals surface area (Å²) >= 11 is 3.46. The maximum atomic E-state index is 14.1. The van der Waals surface area contributed by atoms with Crippen molar-refractivity contribution in [2.45, 2.75) is 69.5 Å². The van der Waals surface area contributed by atoms with Gasteiger partial charge in [-0.25, -0.2) is 12.8 Å². The van der Waals surface area contributed by atoms with Gasteiger partial charge in [-0.05, 0) is 92.9 Å². The van der Waals surface area contributed by atoms with Crippen LogP contribution in [-0.2, 0) is 26.2 Å². The summed E-state index contributed by atoms with van der Waals surface area (Å²) in [5.41, 5.74) is 0.997. The summed E-state index contributed by atoms with van der Waals surface area (Å²) < 4.78 is 48.8. The number of benzene rings is 3. The first kappa shape index (κ1) is 32.5. The largest absolute Gasteiger partial charge is 0.494 e. The monoisotopic (exact) mass is 673 g/mol. The third kappa shape index (κ3) is 8.57. The lowest BCUT2D eigenvalue weighted by Gasteiger charge is -2.33. The molecule has 11 heteroatoms. The number of nitrogens with one attached hydrogen (secondary N) is 1. The molecule has 230 valence electrons. The van der Waals surface area contributed by atoms with Crippen LogP contribution in [0.4, 0.5) is 10.1 Å². The van der Waals surface area contributed by atoms with Crippen molar-refractivity contribution >= 4 is 43.5 Å². The molecule has 0 spiro atoms. The highest BCUT2D eigenvalue weighted by Crippen LogP contribution is 2.27. The standard InChI is InChI=1S/C32H37BrFN3O5S/c1-3-42-29-16-14-28(15-17-29)37(43(40,41)30-18-12-26(34)13-19-30)22-31(38)36(21-24-8-7-9-25(33)20-24)23(2)32(39)35-27-10-5-4-6-11-27/h7-9,12-20,23,27H,3-6,10-11,21-22H2,1-2H3,(H,35,39). The molecule has 3 aromatic carbocycles. The van der Waals surface area contributed by atoms with Crippen LogP contribution in [0.3, 0.4) is 0 Å². The lowest BCUT2D eigenvalue weighted by Crippen LogP contribution is -2.53. The van der Waals surface area contributed by atoms with E-state index >= 15 is 0 Å². The molecule has 0 aromatic heterocycles. The second-order valence-corrected chi connectivity index (χ2v) is 13.3. The number of rotatable bonds is 12. The van der Waals surface area contributed by atoms with Crippen molar-refractivity contribution in [3.63, 3.8) is 0 Å². The normalized spacial score (nSPS) is 14.5. The minimum atomic E-state index is -4.30. The van der Waals surface area contributed by atoms with E-state index in [0.717, 1.165) is 70.7 Å². The van der Waals surface area contributed by atoms with Crippen LogP contribution in [-0.4, -0.2) is 50.4 Å². The molecule has 4 rings (SSSR count). The van der Waals surface area contributed by atoms with Gasteiger partial charge in [0.25, 0.3) is 10.0 Å². The van der Waals surface area contributed by atoms with Gasteiger partial charge in [0, 0.05) is 17.1 Å². The Morgan fingerprint density at radius 2 is 1.70 bits per heavy atom. The molecule has 0 saturated heterocycles. The second kappa shape index (κ2) is 14.8. The van der Waals surface area contributed by atoms with Crippen LogP contribution in [0.5, 0.6) is 5.75 Å². The number of anilines is 1. The van der Waals surface area contributed by atoms with E-state index in [2.05, 4.69) is 21.2 Å². The predicted octanol–water partition coefficient (Wildman–Crippen LogP) is 6.05. The van der Waals surface area contributed by atoms with E-state index in [1.807, 2.05) is 31.2 Å². The molecule has 1 aliphatic rings. The van der Waals surface area contributed by atoms with Crippen molar-refractivity contribution in [2.24, 2.45) is 0 Å². The number of halogens is 2. The number of nitrogens with zero attached hydrogens (tertiary/aromatic N) is 2. The van der Waals surface area contributed by atoms with E-state index in [1.54, 1.807) is 31.2 Å². The molecule has 43 heavy (non-hydrogen) atoms. The zero-order valence-corrected chi connectivity index (χ0v) is 26.7. The number of hydrogen-bond donors (Lipinski definition) is 1. The van der Waals surface area contributed by atoms with E-state index in [4.69, 9.17) is 4.74 Å². The minimum absolute atomic E-state index is 0.0470. The number of amides is 2. The molecular formula is C32H37BrFN3O5S. The molecule has 1 atom stereocenters. The number of ether oxygens (including phenoxy) is 1. The smallest absolute Gasteiger partial charge is 0.264 e. The Morgan fingerprint density at radius 3 is 2.33 bits per heavy atom. The molecule has 2 amide bonds. The van der Waals surface area contributed by atoms with E-state index in [1.165, 1.54) is 4.90 Å². The molecular weight excluding hydrogens is 637 g/mol. The number of carbonyl (C=O) groups is 2. The van der Waals surface area contributed by atoms with E-state index < -0.39 is 34.3 Å². The van der Waals surface area contributed by atoms with Crippen LogP contribution >= 0.6 is 15.9 Å². The summed E-state index contributed by atoms with van der Waals surface area (Å²) in [4.78, 5) is 28.8. The molecule has 1 saturated carbocycles. The first-order chi connectivity index (χ1) is 20.6. The molecule has 1 aliphatic carbocycles. The molecule has 8 nitrogen and oxygen atoms in total. The van der Waals surface area contributed by atoms with Gasteiger partial charge in [-0.3, -0.25) is 13.9 Å². The number of carbonyl (C=O) groups excluding carboxylic acids is 2. The second-order valence-electron chi connectivity index (χ2n) is 10.6. The SMILES string of the molecule is CCOc1ccc(N(CC(=O)N(Cc2cccc(Br)c2)C(C)C(=O)NC2CCCCC2)S(=O)(=O)c2ccc(F)cc2)cc1. The number of sulfonamides is 1. The van der Waals surface area contributed by atoms with Gasteiger partial charge in [-0.1, -0.05) is 47.3 Å². The van der Waals surface area contributed by atoms with E-state index in [0.29, 0.717) is 12.4 Å². The Kier molecular flexibility index (Phi) is 11.2. The van der Waals surface area contributed by atoms with Gasteiger partial charge in [0.1, 0.15) is 24.2 Å². The minimum Gasteiger partial charge on any atom is -0.494 e. The van der Waals surface area contributed by atoms with Crippen LogP contribution in [0, 0.1) is 5.82 Å². The molecule has 0 bridgehead atoms. The third-order valence-corrected chi connectivity index (χ3v) is 9.76. The highest BCUT2D eigenvalue weighted by molar-refractivity contribution is 9.10. The zero-order chi connectivity index (χ0) is 31.0. The lowest BCUT2D eigenvalue weighted by atomic mass is 9.95. The summed E-state index contributed by atoms with van der Waals surface area (Å²) in [6.07, 6.45) is 4.99. The fourth-order valence-corrected chi connectivity index (χ4v) is 6.98. The quantitative estimate of drug-likeness (QED) is 0.253. The van der Waals surface area contributed by atoms with E-state index in [9.17, 15) is 22.4 Å². The van der Waals surface area contributed by atoms with Gasteiger partial charge >= 0.3 is 0 Å². The Labute approximate surface area is 261 Å². The first-order valence-corrected chi connectivity index (χ1v) is 16.7. The fraction of sp³-hybridized carbons (Fsp3) is 0.375. The van der Waals surface area contributed by atoms with Crippen LogP contribution in [0.15, 0.2) is 82.2 Å². The summed E-state index contributed by atoms with van der Waals surface area (Å²) in [5, 5.41) is 3.09. The summed E-state index contributed by atoms with van der Waals surface area (Å²) in [6.45, 7) is 3.43. The molecule has 0 heterocycles. The summed E-state index contributed by atoms with van der Waals surface area (Å²) in [5.74, 6) is -0.892. The Bertz CT molecular complexity index is 1500. The molecule has 0 aliphatic heterocycles. The number of hydrogen-bond acceptors (Lipinski definition) is 5. The van der Waals surface area contributed by atoms with Crippen molar-refractivity contribution < 1.29 is 27.1 Å². The third-order valence-electron chi connectivity index (χ3n) is 7.48. The Morgan fingerprint density at radius 1 is 1.02 bits per heavy atom. The lowest BCUT2D eigenvalue weighted by molar-refractivity contribution is -0.139. The van der Waals surface area contributed by atoms with Crippen molar-refractivity contribution in [3.8, 4) is 5.75 Å². The highest BCUT2D eigenvalue weighted by Gasteiger charge is 2.33. The van der Waals surface area contributed by atoms with Crippen LogP contribution in [0.1, 0.15) is 51.5 Å². The maximum absolute atomic E-state index is 14.1.